The Hall–Kier alpha value is -2.85. The van der Waals surface area contributed by atoms with Crippen molar-refractivity contribution in [1.29, 1.82) is 0 Å². The molecule has 0 fully saturated rings. The molecule has 0 aliphatic heterocycles. The molecule has 2 aromatic carbocycles. The SMILES string of the molecule is O=[N+]([O-])c1ccccc1OS(=O)(=O)c1cnc(-c2ccc(F)cc2)s1. The quantitative estimate of drug-likeness (QED) is 0.381. The lowest BCUT2D eigenvalue weighted by Gasteiger charge is -2.04. The molecule has 0 unspecified atom stereocenters. The minimum absolute atomic E-state index is 0.218. The van der Waals surface area contributed by atoms with Gasteiger partial charge in [0.1, 0.15) is 10.8 Å². The zero-order valence-electron chi connectivity index (χ0n) is 12.3. The van der Waals surface area contributed by atoms with Crippen LogP contribution in [0.2, 0.25) is 0 Å². The number of rotatable bonds is 5. The van der Waals surface area contributed by atoms with Gasteiger partial charge in [-0.1, -0.05) is 23.5 Å². The van der Waals surface area contributed by atoms with E-state index < -0.39 is 26.5 Å². The summed E-state index contributed by atoms with van der Waals surface area (Å²) in [6.45, 7) is 0. The van der Waals surface area contributed by atoms with Crippen LogP contribution in [0.5, 0.6) is 5.75 Å². The predicted molar refractivity (Wildman–Crippen MR) is 88.4 cm³/mol. The summed E-state index contributed by atoms with van der Waals surface area (Å²) >= 11 is 0.816. The first-order valence-electron chi connectivity index (χ1n) is 6.76. The largest absolute Gasteiger partial charge is 0.371 e. The number of hydrogen-bond donors (Lipinski definition) is 0. The van der Waals surface area contributed by atoms with Crippen molar-refractivity contribution in [2.75, 3.05) is 0 Å². The van der Waals surface area contributed by atoms with Crippen molar-refractivity contribution >= 4 is 27.1 Å². The Morgan fingerprint density at radius 1 is 1.12 bits per heavy atom. The van der Waals surface area contributed by atoms with Crippen LogP contribution in [0.25, 0.3) is 10.6 Å². The van der Waals surface area contributed by atoms with Gasteiger partial charge >= 0.3 is 15.8 Å². The Bertz CT molecular complexity index is 1030. The molecule has 0 amide bonds. The van der Waals surface area contributed by atoms with Crippen LogP contribution in [0.15, 0.2) is 58.9 Å². The van der Waals surface area contributed by atoms with Crippen LogP contribution in [0.1, 0.15) is 0 Å². The van der Waals surface area contributed by atoms with Crippen molar-refractivity contribution in [2.45, 2.75) is 4.21 Å². The molecule has 0 N–H and O–H groups in total. The van der Waals surface area contributed by atoms with E-state index >= 15 is 0 Å². The van der Waals surface area contributed by atoms with Gasteiger partial charge in [-0.3, -0.25) is 10.1 Å². The van der Waals surface area contributed by atoms with Gasteiger partial charge in [-0.15, -0.1) is 0 Å². The number of thiazole rings is 1. The molecule has 0 saturated carbocycles. The molecule has 128 valence electrons. The van der Waals surface area contributed by atoms with Crippen molar-refractivity contribution in [2.24, 2.45) is 0 Å². The lowest BCUT2D eigenvalue weighted by atomic mass is 10.2. The van der Waals surface area contributed by atoms with E-state index in [9.17, 15) is 22.9 Å². The van der Waals surface area contributed by atoms with E-state index in [1.807, 2.05) is 0 Å². The van der Waals surface area contributed by atoms with Gasteiger partial charge in [0.25, 0.3) is 0 Å². The fraction of sp³-hybridized carbons (Fsp3) is 0. The number of para-hydroxylation sites is 2. The van der Waals surface area contributed by atoms with E-state index in [0.717, 1.165) is 23.6 Å². The van der Waals surface area contributed by atoms with Crippen LogP contribution < -0.4 is 4.18 Å². The number of hydrogen-bond acceptors (Lipinski definition) is 7. The molecule has 10 heteroatoms. The first-order valence-corrected chi connectivity index (χ1v) is 8.99. The summed E-state index contributed by atoms with van der Waals surface area (Å²) in [6.07, 6.45) is 1.09. The van der Waals surface area contributed by atoms with Gasteiger partial charge < -0.3 is 4.18 Å². The predicted octanol–water partition coefficient (Wildman–Crippen LogP) is 3.63. The molecule has 3 aromatic rings. The van der Waals surface area contributed by atoms with Gasteiger partial charge in [-0.25, -0.2) is 9.37 Å². The fourth-order valence-corrected chi connectivity index (χ4v) is 3.98. The van der Waals surface area contributed by atoms with Gasteiger partial charge in [0.15, 0.2) is 4.21 Å². The van der Waals surface area contributed by atoms with Crippen LogP contribution in [-0.4, -0.2) is 18.3 Å². The molecule has 0 aliphatic carbocycles. The number of benzene rings is 2. The normalized spacial score (nSPS) is 11.2. The van der Waals surface area contributed by atoms with E-state index in [0.29, 0.717) is 10.6 Å². The second-order valence-electron chi connectivity index (χ2n) is 4.75. The van der Waals surface area contributed by atoms with E-state index in [4.69, 9.17) is 4.18 Å². The second-order valence-corrected chi connectivity index (χ2v) is 7.56. The Labute approximate surface area is 145 Å². The highest BCUT2D eigenvalue weighted by atomic mass is 32.3. The molecule has 1 aromatic heterocycles. The van der Waals surface area contributed by atoms with Crippen LogP contribution in [0.4, 0.5) is 10.1 Å². The molecular weight excluding hydrogens is 371 g/mol. The van der Waals surface area contributed by atoms with E-state index in [2.05, 4.69) is 4.98 Å². The monoisotopic (exact) mass is 380 g/mol. The minimum atomic E-state index is -4.29. The smallest absolute Gasteiger partial charge is 0.350 e. The maximum Gasteiger partial charge on any atom is 0.350 e. The Morgan fingerprint density at radius 3 is 2.48 bits per heavy atom. The summed E-state index contributed by atoms with van der Waals surface area (Å²) in [4.78, 5) is 14.2. The maximum atomic E-state index is 13.0. The first-order chi connectivity index (χ1) is 11.9. The van der Waals surface area contributed by atoms with Crippen LogP contribution in [0.3, 0.4) is 0 Å². The molecule has 7 nitrogen and oxygen atoms in total. The third-order valence-corrected chi connectivity index (χ3v) is 5.78. The Morgan fingerprint density at radius 2 is 1.80 bits per heavy atom. The highest BCUT2D eigenvalue weighted by Gasteiger charge is 2.25. The lowest BCUT2D eigenvalue weighted by molar-refractivity contribution is -0.385. The van der Waals surface area contributed by atoms with Gasteiger partial charge in [-0.05, 0) is 30.3 Å². The molecule has 0 radical (unpaired) electrons. The number of halogens is 1. The number of aromatic nitrogens is 1. The molecule has 0 spiro atoms. The van der Waals surface area contributed by atoms with Crippen molar-refractivity contribution in [3.05, 3.63) is 70.7 Å². The van der Waals surface area contributed by atoms with Crippen molar-refractivity contribution in [3.8, 4) is 16.3 Å². The van der Waals surface area contributed by atoms with Gasteiger partial charge in [0, 0.05) is 11.6 Å². The van der Waals surface area contributed by atoms with Crippen molar-refractivity contribution in [1.82, 2.24) is 4.98 Å². The summed E-state index contributed by atoms with van der Waals surface area (Å²) in [5.41, 5.74) is 0.0768. The summed E-state index contributed by atoms with van der Waals surface area (Å²) in [5.74, 6) is -0.808. The van der Waals surface area contributed by atoms with Gasteiger partial charge in [0.2, 0.25) is 5.75 Å². The first kappa shape index (κ1) is 17.0. The third-order valence-electron chi connectivity index (χ3n) is 3.08. The maximum absolute atomic E-state index is 13.0. The number of nitro groups is 1. The summed E-state index contributed by atoms with van der Waals surface area (Å²) < 4.78 is 42.3. The summed E-state index contributed by atoms with van der Waals surface area (Å²) in [7, 11) is -4.29. The molecular formula is C15H9FN2O5S2. The molecule has 0 aliphatic rings. The third kappa shape index (κ3) is 3.64. The number of nitro benzene ring substituents is 1. The summed E-state index contributed by atoms with van der Waals surface area (Å²) in [6, 6.07) is 10.6. The average Bonchev–Trinajstić information content (AvgIpc) is 3.06. The second kappa shape index (κ2) is 6.57. The van der Waals surface area contributed by atoms with E-state index in [1.54, 1.807) is 0 Å². The van der Waals surface area contributed by atoms with Gasteiger partial charge in [-0.2, -0.15) is 8.42 Å². The van der Waals surface area contributed by atoms with Crippen LogP contribution >= 0.6 is 11.3 Å². The van der Waals surface area contributed by atoms with E-state index in [1.165, 1.54) is 42.5 Å². The molecule has 25 heavy (non-hydrogen) atoms. The minimum Gasteiger partial charge on any atom is -0.371 e. The fourth-order valence-electron chi connectivity index (χ4n) is 1.94. The highest BCUT2D eigenvalue weighted by Crippen LogP contribution is 2.32. The zero-order chi connectivity index (χ0) is 18.0. The van der Waals surface area contributed by atoms with Crippen molar-refractivity contribution in [3.63, 3.8) is 0 Å². The van der Waals surface area contributed by atoms with E-state index in [-0.39, 0.29) is 9.96 Å². The topological polar surface area (TPSA) is 99.4 Å². The van der Waals surface area contributed by atoms with Crippen LogP contribution in [-0.2, 0) is 10.1 Å². The lowest BCUT2D eigenvalue weighted by Crippen LogP contribution is -2.09. The molecule has 1 heterocycles. The van der Waals surface area contributed by atoms with Crippen LogP contribution in [0, 0.1) is 15.9 Å². The Balaban J connectivity index is 1.91. The molecule has 0 atom stereocenters. The molecule has 0 bridgehead atoms. The Kier molecular flexibility index (Phi) is 4.47. The average molecular weight is 380 g/mol. The molecule has 0 saturated heterocycles. The zero-order valence-corrected chi connectivity index (χ0v) is 14.0. The van der Waals surface area contributed by atoms with Gasteiger partial charge in [0.05, 0.1) is 11.1 Å². The molecule has 3 rings (SSSR count). The summed E-state index contributed by atoms with van der Waals surface area (Å²) in [5, 5.41) is 11.3. The standard InChI is InChI=1S/C15H9FN2O5S2/c16-11-7-5-10(6-8-11)15-17-9-14(24-15)25(21,22)23-13-4-2-1-3-12(13)18(19)20/h1-9H. The van der Waals surface area contributed by atoms with Crippen molar-refractivity contribution < 1.29 is 21.9 Å². The highest BCUT2D eigenvalue weighted by molar-refractivity contribution is 7.89. The number of nitrogens with zero attached hydrogens (tertiary/aromatic N) is 2.